The summed E-state index contributed by atoms with van der Waals surface area (Å²) in [5, 5.41) is 14.2. The molecule has 7 nitrogen and oxygen atoms in total. The molecule has 1 aliphatic rings. The van der Waals surface area contributed by atoms with Gasteiger partial charge >= 0.3 is 0 Å². The molecular formula is C16H25N3O4S. The lowest BCUT2D eigenvalue weighted by Crippen LogP contribution is -2.41. The summed E-state index contributed by atoms with van der Waals surface area (Å²) < 4.78 is 27.5. The van der Waals surface area contributed by atoms with E-state index >= 15 is 0 Å². The van der Waals surface area contributed by atoms with Gasteiger partial charge in [0.15, 0.2) is 0 Å². The molecule has 0 amide bonds. The van der Waals surface area contributed by atoms with E-state index in [1.807, 2.05) is 0 Å². The Labute approximate surface area is 143 Å². The number of nitro benzene ring substituents is 1. The highest BCUT2D eigenvalue weighted by atomic mass is 32.2. The molecule has 1 aliphatic heterocycles. The number of piperidine rings is 1. The molecule has 0 saturated carbocycles. The number of sulfonamides is 1. The average Bonchev–Trinajstić information content (AvgIpc) is 2.52. The summed E-state index contributed by atoms with van der Waals surface area (Å²) in [5.74, 6) is 0.496. The predicted molar refractivity (Wildman–Crippen MR) is 92.6 cm³/mol. The van der Waals surface area contributed by atoms with Gasteiger partial charge < -0.3 is 5.32 Å². The number of hydrogen-bond acceptors (Lipinski definition) is 5. The molecule has 1 heterocycles. The SMILES string of the molecule is CCNCC1CCN(S(=O)(=O)c2c(C)cc([N+](=O)[O-])cc2C)CC1. The van der Waals surface area contributed by atoms with Crippen LogP contribution in [0, 0.1) is 29.9 Å². The molecule has 2 rings (SSSR count). The van der Waals surface area contributed by atoms with Crippen molar-refractivity contribution in [1.29, 1.82) is 0 Å². The molecule has 1 saturated heterocycles. The summed E-state index contributed by atoms with van der Waals surface area (Å²) in [5.41, 5.74) is 0.779. The van der Waals surface area contributed by atoms with Crippen LogP contribution in [0.3, 0.4) is 0 Å². The van der Waals surface area contributed by atoms with Gasteiger partial charge in [-0.25, -0.2) is 8.42 Å². The zero-order chi connectivity index (χ0) is 17.9. The van der Waals surface area contributed by atoms with E-state index in [-0.39, 0.29) is 10.6 Å². The van der Waals surface area contributed by atoms with Crippen LogP contribution >= 0.6 is 0 Å². The van der Waals surface area contributed by atoms with Crippen molar-refractivity contribution in [2.75, 3.05) is 26.2 Å². The molecule has 24 heavy (non-hydrogen) atoms. The minimum absolute atomic E-state index is 0.0756. The van der Waals surface area contributed by atoms with Crippen LogP contribution < -0.4 is 5.32 Å². The van der Waals surface area contributed by atoms with E-state index in [2.05, 4.69) is 12.2 Å². The quantitative estimate of drug-likeness (QED) is 0.624. The van der Waals surface area contributed by atoms with Crippen LogP contribution in [-0.2, 0) is 10.0 Å². The number of nitro groups is 1. The van der Waals surface area contributed by atoms with Gasteiger partial charge in [0.1, 0.15) is 0 Å². The second kappa shape index (κ2) is 7.58. The van der Waals surface area contributed by atoms with E-state index in [1.165, 1.54) is 16.4 Å². The van der Waals surface area contributed by atoms with E-state index in [1.54, 1.807) is 13.8 Å². The predicted octanol–water partition coefficient (Wildman–Crippen LogP) is 2.22. The molecule has 1 fully saturated rings. The van der Waals surface area contributed by atoms with Gasteiger partial charge in [0.25, 0.3) is 5.69 Å². The maximum Gasteiger partial charge on any atom is 0.270 e. The molecule has 1 N–H and O–H groups in total. The van der Waals surface area contributed by atoms with Crippen LogP contribution in [0.25, 0.3) is 0 Å². The van der Waals surface area contributed by atoms with Crippen molar-refractivity contribution in [2.45, 2.75) is 38.5 Å². The standard InChI is InChI=1S/C16H25N3O4S/c1-4-17-11-14-5-7-18(8-6-14)24(22,23)16-12(2)9-15(19(20)21)10-13(16)3/h9-10,14,17H,4-8,11H2,1-3H3. The van der Waals surface area contributed by atoms with Gasteiger partial charge in [-0.1, -0.05) is 6.92 Å². The fourth-order valence-electron chi connectivity index (χ4n) is 3.27. The average molecular weight is 355 g/mol. The van der Waals surface area contributed by atoms with Gasteiger partial charge in [0.05, 0.1) is 9.82 Å². The summed E-state index contributed by atoms with van der Waals surface area (Å²) in [6.07, 6.45) is 1.66. The third-order valence-corrected chi connectivity index (χ3v) is 6.72. The van der Waals surface area contributed by atoms with Crippen LogP contribution in [0.2, 0.25) is 0 Å². The van der Waals surface area contributed by atoms with Gasteiger partial charge in [-0.05, 0) is 56.8 Å². The lowest BCUT2D eigenvalue weighted by Gasteiger charge is -2.32. The van der Waals surface area contributed by atoms with Gasteiger partial charge in [0, 0.05) is 25.2 Å². The van der Waals surface area contributed by atoms with Crippen molar-refractivity contribution in [3.63, 3.8) is 0 Å². The fraction of sp³-hybridized carbons (Fsp3) is 0.625. The number of nitrogens with zero attached hydrogens (tertiary/aromatic N) is 2. The van der Waals surface area contributed by atoms with E-state index in [9.17, 15) is 18.5 Å². The number of non-ortho nitro benzene ring substituents is 1. The number of benzene rings is 1. The first-order valence-corrected chi connectivity index (χ1v) is 9.67. The van der Waals surface area contributed by atoms with E-state index < -0.39 is 14.9 Å². The summed E-state index contributed by atoms with van der Waals surface area (Å²) in [4.78, 5) is 10.6. The van der Waals surface area contributed by atoms with E-state index in [0.29, 0.717) is 30.1 Å². The Morgan fingerprint density at radius 3 is 2.25 bits per heavy atom. The zero-order valence-corrected chi connectivity index (χ0v) is 15.2. The molecular weight excluding hydrogens is 330 g/mol. The number of nitrogens with one attached hydrogen (secondary N) is 1. The normalized spacial score (nSPS) is 17.1. The molecule has 1 aromatic carbocycles. The first kappa shape index (κ1) is 18.8. The van der Waals surface area contributed by atoms with Crippen molar-refractivity contribution in [2.24, 2.45) is 5.92 Å². The largest absolute Gasteiger partial charge is 0.317 e. The molecule has 0 aromatic heterocycles. The fourth-order valence-corrected chi connectivity index (χ4v) is 5.15. The topological polar surface area (TPSA) is 92.6 Å². The molecule has 8 heteroatoms. The highest BCUT2D eigenvalue weighted by molar-refractivity contribution is 7.89. The molecule has 1 aromatic rings. The smallest absolute Gasteiger partial charge is 0.270 e. The molecule has 134 valence electrons. The van der Waals surface area contributed by atoms with Crippen molar-refractivity contribution in [3.05, 3.63) is 33.4 Å². The van der Waals surface area contributed by atoms with E-state index in [0.717, 1.165) is 25.9 Å². The first-order chi connectivity index (χ1) is 11.3. The van der Waals surface area contributed by atoms with E-state index in [4.69, 9.17) is 0 Å². The number of hydrogen-bond donors (Lipinski definition) is 1. The highest BCUT2D eigenvalue weighted by Gasteiger charge is 2.32. The van der Waals surface area contributed by atoms with Crippen molar-refractivity contribution >= 4 is 15.7 Å². The van der Waals surface area contributed by atoms with Crippen molar-refractivity contribution in [1.82, 2.24) is 9.62 Å². The van der Waals surface area contributed by atoms with Crippen LogP contribution in [0.4, 0.5) is 5.69 Å². The number of aryl methyl sites for hydroxylation is 2. The van der Waals surface area contributed by atoms with Crippen LogP contribution in [0.15, 0.2) is 17.0 Å². The van der Waals surface area contributed by atoms with Crippen molar-refractivity contribution in [3.8, 4) is 0 Å². The summed E-state index contributed by atoms with van der Waals surface area (Å²) in [7, 11) is -3.62. The van der Waals surface area contributed by atoms with Crippen LogP contribution in [0.5, 0.6) is 0 Å². The Hall–Kier alpha value is -1.51. The van der Waals surface area contributed by atoms with Gasteiger partial charge in [-0.15, -0.1) is 0 Å². The zero-order valence-electron chi connectivity index (χ0n) is 14.4. The Morgan fingerprint density at radius 1 is 1.25 bits per heavy atom. The Balaban J connectivity index is 2.21. The molecule has 0 bridgehead atoms. The Bertz CT molecular complexity index is 687. The summed E-state index contributed by atoms with van der Waals surface area (Å²) >= 11 is 0. The van der Waals surface area contributed by atoms with Crippen LogP contribution in [0.1, 0.15) is 30.9 Å². The minimum Gasteiger partial charge on any atom is -0.317 e. The van der Waals surface area contributed by atoms with Crippen molar-refractivity contribution < 1.29 is 13.3 Å². The summed E-state index contributed by atoms with van der Waals surface area (Å²) in [6, 6.07) is 2.66. The first-order valence-electron chi connectivity index (χ1n) is 8.23. The Morgan fingerprint density at radius 2 is 1.79 bits per heavy atom. The molecule has 0 atom stereocenters. The second-order valence-electron chi connectivity index (χ2n) is 6.32. The third kappa shape index (κ3) is 3.93. The lowest BCUT2D eigenvalue weighted by molar-refractivity contribution is -0.385. The van der Waals surface area contributed by atoms with Crippen LogP contribution in [-0.4, -0.2) is 43.8 Å². The monoisotopic (exact) mass is 355 g/mol. The molecule has 0 unspecified atom stereocenters. The summed E-state index contributed by atoms with van der Waals surface area (Å²) in [6.45, 7) is 8.11. The molecule has 0 spiro atoms. The minimum atomic E-state index is -3.62. The molecule has 0 aliphatic carbocycles. The van der Waals surface area contributed by atoms with Gasteiger partial charge in [0.2, 0.25) is 10.0 Å². The Kier molecular flexibility index (Phi) is 5.95. The second-order valence-corrected chi connectivity index (χ2v) is 8.20. The highest BCUT2D eigenvalue weighted by Crippen LogP contribution is 2.30. The number of rotatable bonds is 6. The third-order valence-electron chi connectivity index (χ3n) is 4.51. The lowest BCUT2D eigenvalue weighted by atomic mass is 9.98. The van der Waals surface area contributed by atoms with Gasteiger partial charge in [-0.3, -0.25) is 10.1 Å². The van der Waals surface area contributed by atoms with Gasteiger partial charge in [-0.2, -0.15) is 4.31 Å². The molecule has 0 radical (unpaired) electrons. The maximum absolute atomic E-state index is 13.0. The maximum atomic E-state index is 13.0.